The van der Waals surface area contributed by atoms with Gasteiger partial charge in [-0.15, -0.1) is 0 Å². The molecular weight excluding hydrogens is 292 g/mol. The second-order valence-electron chi connectivity index (χ2n) is 4.98. The summed E-state index contributed by atoms with van der Waals surface area (Å²) in [5.41, 5.74) is 2.18. The van der Waals surface area contributed by atoms with Crippen LogP contribution in [-0.2, 0) is 13.2 Å². The Morgan fingerprint density at radius 1 is 1.17 bits per heavy atom. The van der Waals surface area contributed by atoms with Gasteiger partial charge in [0.25, 0.3) is 5.91 Å². The molecule has 0 aliphatic rings. The number of carbonyl (C=O) groups excluding carboxylic acids is 1. The van der Waals surface area contributed by atoms with E-state index >= 15 is 0 Å². The Bertz CT molecular complexity index is 783. The number of aliphatic hydroxyl groups is 1. The zero-order chi connectivity index (χ0) is 16.1. The normalized spacial score (nSPS) is 10.5. The Labute approximate surface area is 133 Å². The highest BCUT2D eigenvalue weighted by Gasteiger charge is 2.08. The first-order valence-corrected chi connectivity index (χ1v) is 7.18. The van der Waals surface area contributed by atoms with E-state index in [1.165, 1.54) is 6.20 Å². The van der Waals surface area contributed by atoms with Gasteiger partial charge in [-0.25, -0.2) is 9.97 Å². The maximum atomic E-state index is 12.2. The molecule has 1 amide bonds. The molecule has 0 spiro atoms. The van der Waals surface area contributed by atoms with Crippen molar-refractivity contribution in [2.75, 3.05) is 0 Å². The summed E-state index contributed by atoms with van der Waals surface area (Å²) in [5.74, 6) is 0.493. The number of hydrogen-bond acceptors (Lipinski definition) is 4. The van der Waals surface area contributed by atoms with E-state index in [9.17, 15) is 9.90 Å². The maximum Gasteiger partial charge on any atom is 0.253 e. The molecule has 0 aliphatic carbocycles. The minimum atomic E-state index is -0.206. The summed E-state index contributed by atoms with van der Waals surface area (Å²) < 4.78 is 1.76. The van der Waals surface area contributed by atoms with Crippen LogP contribution in [0.2, 0.25) is 0 Å². The minimum absolute atomic E-state index is 0.0484. The molecule has 0 fully saturated rings. The standard InChI is InChI=1S/C17H16N4O2/c22-11-15-4-2-1-3-13(15)9-20-17(23)14-5-6-16(19-10-14)21-8-7-18-12-21/h1-8,10,12,22H,9,11H2,(H,20,23). The highest BCUT2D eigenvalue weighted by molar-refractivity contribution is 5.93. The summed E-state index contributed by atoms with van der Waals surface area (Å²) in [6.07, 6.45) is 6.63. The molecule has 116 valence electrons. The molecule has 0 saturated heterocycles. The Hall–Kier alpha value is -2.99. The third kappa shape index (κ3) is 3.44. The van der Waals surface area contributed by atoms with Crippen molar-refractivity contribution in [1.82, 2.24) is 19.9 Å². The fourth-order valence-electron chi connectivity index (χ4n) is 2.23. The average Bonchev–Trinajstić information content (AvgIpc) is 3.14. The molecule has 0 saturated carbocycles. The SMILES string of the molecule is O=C(NCc1ccccc1CO)c1ccc(-n2ccnc2)nc1. The van der Waals surface area contributed by atoms with Crippen LogP contribution in [0.3, 0.4) is 0 Å². The first-order chi connectivity index (χ1) is 11.3. The number of nitrogens with zero attached hydrogens (tertiary/aromatic N) is 3. The number of imidazole rings is 1. The highest BCUT2D eigenvalue weighted by Crippen LogP contribution is 2.09. The Morgan fingerprint density at radius 2 is 2.00 bits per heavy atom. The number of rotatable bonds is 5. The van der Waals surface area contributed by atoms with Crippen molar-refractivity contribution >= 4 is 5.91 Å². The zero-order valence-electron chi connectivity index (χ0n) is 12.4. The van der Waals surface area contributed by atoms with Crippen molar-refractivity contribution in [3.8, 4) is 5.82 Å². The summed E-state index contributed by atoms with van der Waals surface area (Å²) in [5, 5.41) is 12.1. The fourth-order valence-corrected chi connectivity index (χ4v) is 2.23. The minimum Gasteiger partial charge on any atom is -0.392 e. The lowest BCUT2D eigenvalue weighted by Gasteiger charge is -2.09. The van der Waals surface area contributed by atoms with Crippen LogP contribution in [0.5, 0.6) is 0 Å². The molecular formula is C17H16N4O2. The Kier molecular flexibility index (Phi) is 4.44. The van der Waals surface area contributed by atoms with E-state index < -0.39 is 0 Å². The molecule has 6 nitrogen and oxygen atoms in total. The van der Waals surface area contributed by atoms with Crippen LogP contribution in [0.15, 0.2) is 61.3 Å². The monoisotopic (exact) mass is 308 g/mol. The number of nitrogens with one attached hydrogen (secondary N) is 1. The number of carbonyl (C=O) groups is 1. The van der Waals surface area contributed by atoms with Gasteiger partial charge in [-0.1, -0.05) is 24.3 Å². The van der Waals surface area contributed by atoms with Crippen LogP contribution in [0.1, 0.15) is 21.5 Å². The summed E-state index contributed by atoms with van der Waals surface area (Å²) in [6.45, 7) is 0.312. The van der Waals surface area contributed by atoms with E-state index in [2.05, 4.69) is 15.3 Å². The predicted molar refractivity (Wildman–Crippen MR) is 84.9 cm³/mol. The van der Waals surface area contributed by atoms with Gasteiger partial charge in [0, 0.05) is 25.1 Å². The lowest BCUT2D eigenvalue weighted by Crippen LogP contribution is -2.23. The molecule has 0 bridgehead atoms. The van der Waals surface area contributed by atoms with Gasteiger partial charge in [-0.2, -0.15) is 0 Å². The summed E-state index contributed by atoms with van der Waals surface area (Å²) >= 11 is 0. The van der Waals surface area contributed by atoms with Crippen molar-refractivity contribution in [3.63, 3.8) is 0 Å². The number of amides is 1. The van der Waals surface area contributed by atoms with Crippen molar-refractivity contribution < 1.29 is 9.90 Å². The topological polar surface area (TPSA) is 80.0 Å². The molecule has 3 rings (SSSR count). The van der Waals surface area contributed by atoms with Crippen LogP contribution < -0.4 is 5.32 Å². The van der Waals surface area contributed by atoms with Gasteiger partial charge in [0.1, 0.15) is 12.1 Å². The lowest BCUT2D eigenvalue weighted by atomic mass is 10.1. The van der Waals surface area contributed by atoms with Crippen molar-refractivity contribution in [2.24, 2.45) is 0 Å². The quantitative estimate of drug-likeness (QED) is 0.751. The molecule has 0 atom stereocenters. The highest BCUT2D eigenvalue weighted by atomic mass is 16.3. The second-order valence-corrected chi connectivity index (χ2v) is 4.98. The first-order valence-electron chi connectivity index (χ1n) is 7.18. The van der Waals surface area contributed by atoms with E-state index in [1.54, 1.807) is 35.4 Å². The van der Waals surface area contributed by atoms with Crippen molar-refractivity contribution in [1.29, 1.82) is 0 Å². The van der Waals surface area contributed by atoms with E-state index in [1.807, 2.05) is 24.3 Å². The molecule has 3 aromatic rings. The molecule has 0 radical (unpaired) electrons. The predicted octanol–water partition coefficient (Wildman–Crippen LogP) is 1.69. The van der Waals surface area contributed by atoms with Gasteiger partial charge in [-0.05, 0) is 23.3 Å². The van der Waals surface area contributed by atoms with Gasteiger partial charge in [0.15, 0.2) is 0 Å². The number of pyridine rings is 1. The zero-order valence-corrected chi connectivity index (χ0v) is 12.4. The van der Waals surface area contributed by atoms with E-state index in [0.717, 1.165) is 11.1 Å². The number of aliphatic hydroxyl groups excluding tert-OH is 1. The third-order valence-electron chi connectivity index (χ3n) is 3.51. The summed E-state index contributed by atoms with van der Waals surface area (Å²) in [6, 6.07) is 10.9. The van der Waals surface area contributed by atoms with E-state index in [-0.39, 0.29) is 12.5 Å². The van der Waals surface area contributed by atoms with E-state index in [4.69, 9.17) is 0 Å². The van der Waals surface area contributed by atoms with E-state index in [0.29, 0.717) is 17.9 Å². The van der Waals surface area contributed by atoms with Crippen molar-refractivity contribution in [2.45, 2.75) is 13.2 Å². The Balaban J connectivity index is 1.66. The average molecular weight is 308 g/mol. The third-order valence-corrected chi connectivity index (χ3v) is 3.51. The largest absolute Gasteiger partial charge is 0.392 e. The molecule has 6 heteroatoms. The smallest absolute Gasteiger partial charge is 0.253 e. The van der Waals surface area contributed by atoms with Crippen LogP contribution in [-0.4, -0.2) is 25.5 Å². The number of aromatic nitrogens is 3. The van der Waals surface area contributed by atoms with Crippen LogP contribution >= 0.6 is 0 Å². The lowest BCUT2D eigenvalue weighted by molar-refractivity contribution is 0.0950. The summed E-state index contributed by atoms with van der Waals surface area (Å²) in [7, 11) is 0. The fraction of sp³-hybridized carbons (Fsp3) is 0.118. The number of benzene rings is 1. The summed E-state index contributed by atoms with van der Waals surface area (Å²) in [4.78, 5) is 20.4. The van der Waals surface area contributed by atoms with Crippen LogP contribution in [0.25, 0.3) is 5.82 Å². The molecule has 23 heavy (non-hydrogen) atoms. The van der Waals surface area contributed by atoms with Gasteiger partial charge in [-0.3, -0.25) is 9.36 Å². The molecule has 0 unspecified atom stereocenters. The van der Waals surface area contributed by atoms with Crippen molar-refractivity contribution in [3.05, 3.63) is 78.0 Å². The van der Waals surface area contributed by atoms with Crippen LogP contribution in [0.4, 0.5) is 0 Å². The van der Waals surface area contributed by atoms with Crippen LogP contribution in [0, 0.1) is 0 Å². The van der Waals surface area contributed by atoms with Gasteiger partial charge in [0.2, 0.25) is 0 Å². The van der Waals surface area contributed by atoms with Gasteiger partial charge >= 0.3 is 0 Å². The number of hydrogen-bond donors (Lipinski definition) is 2. The Morgan fingerprint density at radius 3 is 2.65 bits per heavy atom. The second kappa shape index (κ2) is 6.85. The molecule has 2 heterocycles. The molecule has 2 N–H and O–H groups in total. The molecule has 1 aromatic carbocycles. The molecule has 0 aliphatic heterocycles. The first kappa shape index (κ1) is 14.9. The molecule has 2 aromatic heterocycles. The van der Waals surface area contributed by atoms with Gasteiger partial charge < -0.3 is 10.4 Å². The maximum absolute atomic E-state index is 12.2. The van der Waals surface area contributed by atoms with Gasteiger partial charge in [0.05, 0.1) is 12.2 Å².